The number of nitrogens with zero attached hydrogens (tertiary/aromatic N) is 1. The van der Waals surface area contributed by atoms with Crippen molar-refractivity contribution in [2.75, 3.05) is 0 Å². The molecular weight excluding hydrogens is 395 g/mol. The summed E-state index contributed by atoms with van der Waals surface area (Å²) in [5.41, 5.74) is -1.68. The van der Waals surface area contributed by atoms with Crippen molar-refractivity contribution in [3.63, 3.8) is 0 Å². The van der Waals surface area contributed by atoms with Crippen molar-refractivity contribution in [3.8, 4) is 0 Å². The van der Waals surface area contributed by atoms with Gasteiger partial charge in [0.15, 0.2) is 24.3 Å². The highest BCUT2D eigenvalue weighted by atomic mass is 79.9. The average molecular weight is 409 g/mol. The van der Waals surface area contributed by atoms with E-state index >= 15 is 0 Å². The van der Waals surface area contributed by atoms with E-state index in [1.54, 1.807) is 0 Å². The number of hydrogen-bond donors (Lipinski definition) is 2. The molecule has 1 unspecified atom stereocenters. The molecule has 132 valence electrons. The van der Waals surface area contributed by atoms with E-state index < -0.39 is 53.7 Å². The Bertz CT molecular complexity index is 776. The topological polar surface area (TPSA) is 128 Å². The van der Waals surface area contributed by atoms with Gasteiger partial charge in [-0.1, -0.05) is 0 Å². The van der Waals surface area contributed by atoms with Crippen LogP contribution >= 0.6 is 15.9 Å². The maximum Gasteiger partial charge on any atom is 0.330 e. The van der Waals surface area contributed by atoms with Crippen molar-refractivity contribution >= 4 is 27.7 Å². The van der Waals surface area contributed by atoms with E-state index in [0.717, 1.165) is 24.6 Å². The first-order valence-electron chi connectivity index (χ1n) is 6.79. The predicted octanol–water partition coefficient (Wildman–Crippen LogP) is -0.584. The first-order chi connectivity index (χ1) is 11.1. The Morgan fingerprint density at radius 1 is 1.46 bits per heavy atom. The minimum absolute atomic E-state index is 0.0565. The number of hydrogen-bond acceptors (Lipinski definition) is 7. The zero-order valence-corrected chi connectivity index (χ0v) is 14.1. The lowest BCUT2D eigenvalue weighted by atomic mass is 10.0. The highest BCUT2D eigenvalue weighted by molar-refractivity contribution is 9.10. The standard InChI is InChI=1S/C13H14BrFN2O7/c1-4(18)9(23-5(2)19)10-8(20)7(15)12(24-10)17-3-6(14)11(21)16-13(17)22/h3,7-10,12,20H,1-2H3,(H,16,21,22)/t7-,8+,9?,10+,12-/m1/s1. The number of ketones is 1. The van der Waals surface area contributed by atoms with E-state index in [2.05, 4.69) is 15.9 Å². The summed E-state index contributed by atoms with van der Waals surface area (Å²) in [6, 6.07) is 0. The number of carbonyl (C=O) groups excluding carboxylic acids is 2. The number of carbonyl (C=O) groups is 2. The summed E-state index contributed by atoms with van der Waals surface area (Å²) in [6.45, 7) is 2.14. The average Bonchev–Trinajstić information content (AvgIpc) is 2.76. The first-order valence-corrected chi connectivity index (χ1v) is 7.59. The summed E-state index contributed by atoms with van der Waals surface area (Å²) in [5, 5.41) is 9.99. The van der Waals surface area contributed by atoms with Crippen LogP contribution in [0.25, 0.3) is 0 Å². The van der Waals surface area contributed by atoms with E-state index in [-0.39, 0.29) is 4.47 Å². The summed E-state index contributed by atoms with van der Waals surface area (Å²) in [5.74, 6) is -1.47. The Kier molecular flexibility index (Phi) is 5.35. The zero-order valence-electron chi connectivity index (χ0n) is 12.6. The quantitative estimate of drug-likeness (QED) is 0.637. The maximum atomic E-state index is 14.4. The normalized spacial score (nSPS) is 27.7. The van der Waals surface area contributed by atoms with Crippen LogP contribution in [0.3, 0.4) is 0 Å². The van der Waals surface area contributed by atoms with Crippen molar-refractivity contribution < 1.29 is 28.6 Å². The molecule has 1 fully saturated rings. The van der Waals surface area contributed by atoms with E-state index in [9.17, 15) is 28.7 Å². The number of rotatable bonds is 4. The van der Waals surface area contributed by atoms with E-state index in [4.69, 9.17) is 9.47 Å². The third-order valence-electron chi connectivity index (χ3n) is 3.42. The molecule has 24 heavy (non-hydrogen) atoms. The summed E-state index contributed by atoms with van der Waals surface area (Å²) < 4.78 is 25.1. The molecular formula is C13H14BrFN2O7. The van der Waals surface area contributed by atoms with Gasteiger partial charge in [0.2, 0.25) is 0 Å². The molecule has 1 aliphatic heterocycles. The highest BCUT2D eigenvalue weighted by Crippen LogP contribution is 2.33. The largest absolute Gasteiger partial charge is 0.452 e. The molecule has 0 aromatic carbocycles. The number of esters is 1. The monoisotopic (exact) mass is 408 g/mol. The number of aliphatic hydroxyl groups is 1. The Balaban J connectivity index is 2.38. The van der Waals surface area contributed by atoms with Gasteiger partial charge in [0.05, 0.1) is 4.47 Å². The second-order valence-electron chi connectivity index (χ2n) is 5.21. The molecule has 1 aromatic heterocycles. The summed E-state index contributed by atoms with van der Waals surface area (Å²) in [6.07, 6.45) is -7.54. The van der Waals surface area contributed by atoms with Crippen molar-refractivity contribution in [2.45, 2.75) is 44.6 Å². The predicted molar refractivity (Wildman–Crippen MR) is 80.1 cm³/mol. The molecule has 0 spiro atoms. The molecule has 1 saturated heterocycles. The molecule has 11 heteroatoms. The number of halogens is 2. The number of aromatic amines is 1. The van der Waals surface area contributed by atoms with E-state index in [1.165, 1.54) is 0 Å². The second kappa shape index (κ2) is 6.95. The number of alkyl halides is 1. The molecule has 0 aliphatic carbocycles. The fourth-order valence-corrected chi connectivity index (χ4v) is 2.67. The van der Waals surface area contributed by atoms with Gasteiger partial charge in [0.25, 0.3) is 5.56 Å². The highest BCUT2D eigenvalue weighted by Gasteiger charge is 2.51. The molecule has 2 N–H and O–H groups in total. The van der Waals surface area contributed by atoms with Gasteiger partial charge in [-0.2, -0.15) is 0 Å². The van der Waals surface area contributed by atoms with Gasteiger partial charge in [-0.3, -0.25) is 23.9 Å². The lowest BCUT2D eigenvalue weighted by Gasteiger charge is -2.22. The SMILES string of the molecule is CC(=O)OC(C(C)=O)[C@H]1O[C@@H](n2cc(Br)c(=O)[nH]c2=O)[C@H](F)[C@@H]1O. The van der Waals surface area contributed by atoms with Crippen LogP contribution in [0, 0.1) is 0 Å². The van der Waals surface area contributed by atoms with Crippen LogP contribution < -0.4 is 11.2 Å². The van der Waals surface area contributed by atoms with Gasteiger partial charge >= 0.3 is 11.7 Å². The molecule has 0 bridgehead atoms. The third-order valence-corrected chi connectivity index (χ3v) is 3.99. The van der Waals surface area contributed by atoms with Crippen molar-refractivity contribution in [1.82, 2.24) is 9.55 Å². The number of ether oxygens (including phenoxy) is 2. The lowest BCUT2D eigenvalue weighted by molar-refractivity contribution is -0.166. The van der Waals surface area contributed by atoms with Gasteiger partial charge in [-0.15, -0.1) is 0 Å². The molecule has 2 rings (SSSR count). The van der Waals surface area contributed by atoms with Gasteiger partial charge in [-0.25, -0.2) is 9.18 Å². The van der Waals surface area contributed by atoms with Gasteiger partial charge in [-0.05, 0) is 22.9 Å². The minimum Gasteiger partial charge on any atom is -0.452 e. The number of Topliss-reactive ketones (excluding diaryl/α,β-unsaturated/α-hetero) is 1. The van der Waals surface area contributed by atoms with Crippen LogP contribution in [0.5, 0.6) is 0 Å². The molecule has 0 amide bonds. The Morgan fingerprint density at radius 2 is 2.08 bits per heavy atom. The molecule has 0 saturated carbocycles. The van der Waals surface area contributed by atoms with Crippen LogP contribution in [0.2, 0.25) is 0 Å². The number of H-pyrrole nitrogens is 1. The zero-order chi connectivity index (χ0) is 18.2. The number of aromatic nitrogens is 2. The smallest absolute Gasteiger partial charge is 0.330 e. The molecule has 5 atom stereocenters. The summed E-state index contributed by atoms with van der Waals surface area (Å²) >= 11 is 2.89. The Morgan fingerprint density at radius 3 is 2.62 bits per heavy atom. The van der Waals surface area contributed by atoms with Crippen LogP contribution in [0.1, 0.15) is 20.1 Å². The van der Waals surface area contributed by atoms with Gasteiger partial charge in [0.1, 0.15) is 12.2 Å². The molecule has 1 aromatic rings. The minimum atomic E-state index is -2.09. The Hall–Kier alpha value is -1.85. The molecule has 1 aliphatic rings. The van der Waals surface area contributed by atoms with Gasteiger partial charge < -0.3 is 14.6 Å². The molecule has 2 heterocycles. The van der Waals surface area contributed by atoms with Crippen molar-refractivity contribution in [2.24, 2.45) is 0 Å². The van der Waals surface area contributed by atoms with Gasteiger partial charge in [0, 0.05) is 13.1 Å². The fourth-order valence-electron chi connectivity index (χ4n) is 2.35. The molecule has 9 nitrogen and oxygen atoms in total. The first kappa shape index (κ1) is 18.5. The van der Waals surface area contributed by atoms with E-state index in [0.29, 0.717) is 0 Å². The summed E-state index contributed by atoms with van der Waals surface area (Å²) in [4.78, 5) is 47.8. The Labute approximate surface area is 142 Å². The van der Waals surface area contributed by atoms with Crippen LogP contribution in [-0.2, 0) is 19.1 Å². The third kappa shape index (κ3) is 3.47. The van der Waals surface area contributed by atoms with Crippen LogP contribution in [-0.4, -0.2) is 50.9 Å². The van der Waals surface area contributed by atoms with Crippen LogP contribution in [0.15, 0.2) is 20.3 Å². The fraction of sp³-hybridized carbons (Fsp3) is 0.538. The van der Waals surface area contributed by atoms with Crippen molar-refractivity contribution in [3.05, 3.63) is 31.5 Å². The summed E-state index contributed by atoms with van der Waals surface area (Å²) in [7, 11) is 0. The maximum absolute atomic E-state index is 14.4. The number of aliphatic hydroxyl groups excluding tert-OH is 1. The lowest BCUT2D eigenvalue weighted by Crippen LogP contribution is -2.43. The van der Waals surface area contributed by atoms with Crippen LogP contribution in [0.4, 0.5) is 4.39 Å². The molecule has 0 radical (unpaired) electrons. The van der Waals surface area contributed by atoms with Crippen molar-refractivity contribution in [1.29, 1.82) is 0 Å². The number of nitrogens with one attached hydrogen (secondary N) is 1. The van der Waals surface area contributed by atoms with E-state index in [1.807, 2.05) is 4.98 Å². The second-order valence-corrected chi connectivity index (χ2v) is 6.06.